The van der Waals surface area contributed by atoms with Gasteiger partial charge < -0.3 is 20.2 Å². The van der Waals surface area contributed by atoms with Gasteiger partial charge in [-0.15, -0.1) is 0 Å². The van der Waals surface area contributed by atoms with Gasteiger partial charge in [-0.05, 0) is 42.5 Å². The molecule has 98 valence electrons. The average molecular weight is 276 g/mol. The summed E-state index contributed by atoms with van der Waals surface area (Å²) in [6.07, 6.45) is 1.59. The number of thiocarbonyl (C=S) groups is 1. The van der Waals surface area contributed by atoms with Crippen molar-refractivity contribution in [1.82, 2.24) is 5.32 Å². The monoisotopic (exact) mass is 276 g/mol. The number of furan rings is 1. The smallest absolute Gasteiger partial charge is 0.335 e. The van der Waals surface area contributed by atoms with Gasteiger partial charge in [-0.2, -0.15) is 0 Å². The Morgan fingerprint density at radius 3 is 2.84 bits per heavy atom. The predicted molar refractivity (Wildman–Crippen MR) is 75.2 cm³/mol. The Hall–Kier alpha value is -2.34. The van der Waals surface area contributed by atoms with Gasteiger partial charge in [0.1, 0.15) is 5.76 Å². The van der Waals surface area contributed by atoms with Gasteiger partial charge in [-0.3, -0.25) is 0 Å². The van der Waals surface area contributed by atoms with Crippen LogP contribution in [-0.4, -0.2) is 16.2 Å². The molecule has 1 aromatic carbocycles. The lowest BCUT2D eigenvalue weighted by Crippen LogP contribution is -2.27. The van der Waals surface area contributed by atoms with Crippen molar-refractivity contribution >= 4 is 29.0 Å². The molecule has 0 atom stereocenters. The Bertz CT molecular complexity index is 581. The van der Waals surface area contributed by atoms with Crippen molar-refractivity contribution in [2.24, 2.45) is 0 Å². The molecule has 3 N–H and O–H groups in total. The highest BCUT2D eigenvalue weighted by Crippen LogP contribution is 2.10. The first-order chi connectivity index (χ1) is 9.15. The Kier molecular flexibility index (Phi) is 4.15. The summed E-state index contributed by atoms with van der Waals surface area (Å²) in [6.45, 7) is 0.470. The molecule has 6 heteroatoms. The van der Waals surface area contributed by atoms with Crippen LogP contribution in [0.2, 0.25) is 0 Å². The van der Waals surface area contributed by atoms with E-state index < -0.39 is 5.97 Å². The number of carbonyl (C=O) groups is 1. The molecule has 0 fully saturated rings. The molecule has 0 amide bonds. The number of carboxylic acid groups (broad SMARTS) is 1. The molecule has 0 saturated heterocycles. The summed E-state index contributed by atoms with van der Waals surface area (Å²) >= 11 is 5.11. The highest BCUT2D eigenvalue weighted by molar-refractivity contribution is 7.80. The maximum absolute atomic E-state index is 10.8. The molecule has 2 rings (SSSR count). The van der Waals surface area contributed by atoms with Crippen LogP contribution in [0, 0.1) is 0 Å². The van der Waals surface area contributed by atoms with Crippen LogP contribution >= 0.6 is 12.2 Å². The van der Waals surface area contributed by atoms with E-state index in [-0.39, 0.29) is 5.56 Å². The first kappa shape index (κ1) is 13.1. The molecular formula is C13H12N2O3S. The van der Waals surface area contributed by atoms with Crippen molar-refractivity contribution < 1.29 is 14.3 Å². The van der Waals surface area contributed by atoms with Crippen LogP contribution in [0.25, 0.3) is 0 Å². The summed E-state index contributed by atoms with van der Waals surface area (Å²) in [5, 5.41) is 15.2. The number of carboxylic acids is 1. The topological polar surface area (TPSA) is 74.5 Å². The minimum Gasteiger partial charge on any atom is -0.478 e. The number of hydrogen-bond acceptors (Lipinski definition) is 3. The summed E-state index contributed by atoms with van der Waals surface area (Å²) < 4.78 is 5.16. The third-order valence-electron chi connectivity index (χ3n) is 2.37. The summed E-state index contributed by atoms with van der Waals surface area (Å²) in [7, 11) is 0. The molecule has 0 saturated carbocycles. The Labute approximate surface area is 115 Å². The fraction of sp³-hybridized carbons (Fsp3) is 0.0769. The Morgan fingerprint density at radius 2 is 2.16 bits per heavy atom. The van der Waals surface area contributed by atoms with Gasteiger partial charge in [0.15, 0.2) is 5.11 Å². The molecule has 2 aromatic rings. The molecule has 5 nitrogen and oxygen atoms in total. The van der Waals surface area contributed by atoms with Crippen LogP contribution in [-0.2, 0) is 6.54 Å². The van der Waals surface area contributed by atoms with E-state index in [2.05, 4.69) is 10.6 Å². The Balaban J connectivity index is 1.91. The molecule has 1 heterocycles. The first-order valence-corrected chi connectivity index (χ1v) is 5.96. The van der Waals surface area contributed by atoms with Crippen LogP contribution in [0.4, 0.5) is 5.69 Å². The van der Waals surface area contributed by atoms with Gasteiger partial charge >= 0.3 is 5.97 Å². The summed E-state index contributed by atoms with van der Waals surface area (Å²) in [5.41, 5.74) is 0.829. The van der Waals surface area contributed by atoms with Crippen molar-refractivity contribution in [2.45, 2.75) is 6.54 Å². The summed E-state index contributed by atoms with van der Waals surface area (Å²) in [4.78, 5) is 10.8. The maximum Gasteiger partial charge on any atom is 0.335 e. The van der Waals surface area contributed by atoms with Crippen molar-refractivity contribution in [2.75, 3.05) is 5.32 Å². The number of anilines is 1. The minimum atomic E-state index is -0.974. The molecule has 0 radical (unpaired) electrons. The molecule has 19 heavy (non-hydrogen) atoms. The van der Waals surface area contributed by atoms with Crippen molar-refractivity contribution in [3.8, 4) is 0 Å². The fourth-order valence-electron chi connectivity index (χ4n) is 1.49. The number of hydrogen-bond donors (Lipinski definition) is 3. The lowest BCUT2D eigenvalue weighted by atomic mass is 10.2. The second-order valence-electron chi connectivity index (χ2n) is 3.77. The van der Waals surface area contributed by atoms with E-state index in [4.69, 9.17) is 21.7 Å². The third kappa shape index (κ3) is 3.82. The number of benzene rings is 1. The Morgan fingerprint density at radius 1 is 1.32 bits per heavy atom. The summed E-state index contributed by atoms with van der Waals surface area (Å²) in [6, 6.07) is 10.1. The van der Waals surface area contributed by atoms with Gasteiger partial charge in [-0.1, -0.05) is 6.07 Å². The number of aromatic carboxylic acids is 1. The van der Waals surface area contributed by atoms with E-state index in [1.165, 1.54) is 12.1 Å². The van der Waals surface area contributed by atoms with Gasteiger partial charge in [0, 0.05) is 5.69 Å². The van der Waals surface area contributed by atoms with Crippen LogP contribution < -0.4 is 10.6 Å². The van der Waals surface area contributed by atoms with Crippen LogP contribution in [0.1, 0.15) is 16.1 Å². The van der Waals surface area contributed by atoms with E-state index in [1.807, 2.05) is 6.07 Å². The second kappa shape index (κ2) is 6.01. The van der Waals surface area contributed by atoms with Crippen LogP contribution in [0.3, 0.4) is 0 Å². The predicted octanol–water partition coefficient (Wildman–Crippen LogP) is 2.46. The highest BCUT2D eigenvalue weighted by Gasteiger charge is 2.04. The van der Waals surface area contributed by atoms with Crippen molar-refractivity contribution in [3.05, 3.63) is 54.0 Å². The molecule has 1 aromatic heterocycles. The van der Waals surface area contributed by atoms with Gasteiger partial charge in [0.2, 0.25) is 0 Å². The quantitative estimate of drug-likeness (QED) is 0.745. The zero-order valence-electron chi connectivity index (χ0n) is 9.92. The lowest BCUT2D eigenvalue weighted by Gasteiger charge is -2.09. The van der Waals surface area contributed by atoms with Crippen molar-refractivity contribution in [1.29, 1.82) is 0 Å². The molecule has 0 aliphatic carbocycles. The van der Waals surface area contributed by atoms with Gasteiger partial charge in [-0.25, -0.2) is 4.79 Å². The maximum atomic E-state index is 10.8. The number of nitrogens with one attached hydrogen (secondary N) is 2. The lowest BCUT2D eigenvalue weighted by molar-refractivity contribution is 0.0697. The largest absolute Gasteiger partial charge is 0.478 e. The normalized spacial score (nSPS) is 9.89. The van der Waals surface area contributed by atoms with E-state index in [0.29, 0.717) is 17.3 Å². The molecule has 0 aliphatic rings. The number of rotatable bonds is 4. The standard InChI is InChI=1S/C13H12N2O3S/c16-12(17)9-3-1-4-10(7-9)15-13(19)14-8-11-5-2-6-18-11/h1-7H,8H2,(H,16,17)(H2,14,15,19). The molecule has 0 aliphatic heterocycles. The minimum absolute atomic E-state index is 0.207. The summed E-state index contributed by atoms with van der Waals surface area (Å²) in [5.74, 6) is -0.207. The zero-order valence-corrected chi connectivity index (χ0v) is 10.7. The van der Waals surface area contributed by atoms with Gasteiger partial charge in [0.25, 0.3) is 0 Å². The van der Waals surface area contributed by atoms with E-state index in [0.717, 1.165) is 5.76 Å². The second-order valence-corrected chi connectivity index (χ2v) is 4.18. The van der Waals surface area contributed by atoms with E-state index in [9.17, 15) is 4.79 Å². The van der Waals surface area contributed by atoms with Crippen LogP contribution in [0.15, 0.2) is 47.1 Å². The van der Waals surface area contributed by atoms with E-state index in [1.54, 1.807) is 24.5 Å². The van der Waals surface area contributed by atoms with Crippen molar-refractivity contribution in [3.63, 3.8) is 0 Å². The molecular weight excluding hydrogens is 264 g/mol. The molecule has 0 bridgehead atoms. The third-order valence-corrected chi connectivity index (χ3v) is 2.62. The molecule has 0 spiro atoms. The van der Waals surface area contributed by atoms with E-state index >= 15 is 0 Å². The SMILES string of the molecule is O=C(O)c1cccc(NC(=S)NCc2ccco2)c1. The highest BCUT2D eigenvalue weighted by atomic mass is 32.1. The first-order valence-electron chi connectivity index (χ1n) is 5.56. The van der Waals surface area contributed by atoms with Gasteiger partial charge in [0.05, 0.1) is 18.4 Å². The fourth-order valence-corrected chi connectivity index (χ4v) is 1.68. The van der Waals surface area contributed by atoms with Crippen LogP contribution in [0.5, 0.6) is 0 Å². The molecule has 0 unspecified atom stereocenters. The zero-order chi connectivity index (χ0) is 13.7. The average Bonchev–Trinajstić information content (AvgIpc) is 2.90.